The Kier molecular flexibility index (Phi) is 6.71. The minimum Gasteiger partial charge on any atom is -0.462 e. The third-order valence-electron chi connectivity index (χ3n) is 9.94. The molecule has 0 N–H and O–H groups in total. The first-order valence-electron chi connectivity index (χ1n) is 13.2. The average molecular weight is 415 g/mol. The molecule has 0 saturated heterocycles. The normalized spacial score (nSPS) is 41.5. The molecule has 4 aliphatic carbocycles. The van der Waals surface area contributed by atoms with Crippen molar-refractivity contribution in [2.75, 3.05) is 0 Å². The Labute approximate surface area is 185 Å². The lowest BCUT2D eigenvalue weighted by Gasteiger charge is -2.55. The van der Waals surface area contributed by atoms with Crippen LogP contribution in [0.3, 0.4) is 0 Å². The predicted molar refractivity (Wildman–Crippen MR) is 124 cm³/mol. The Morgan fingerprint density at radius 2 is 1.83 bits per heavy atom. The van der Waals surface area contributed by atoms with Gasteiger partial charge in [0.2, 0.25) is 0 Å². The molecule has 8 atom stereocenters. The molecule has 1 unspecified atom stereocenters. The summed E-state index contributed by atoms with van der Waals surface area (Å²) < 4.78 is 5.60. The first-order chi connectivity index (χ1) is 14.3. The van der Waals surface area contributed by atoms with Crippen LogP contribution >= 0.6 is 0 Å². The maximum Gasteiger partial charge on any atom is 0.302 e. The summed E-state index contributed by atoms with van der Waals surface area (Å²) in [5, 5.41) is 0. The van der Waals surface area contributed by atoms with Gasteiger partial charge in [-0.2, -0.15) is 0 Å². The molecule has 0 spiro atoms. The topological polar surface area (TPSA) is 26.3 Å². The van der Waals surface area contributed by atoms with Crippen LogP contribution in [0.4, 0.5) is 0 Å². The van der Waals surface area contributed by atoms with Crippen molar-refractivity contribution in [3.8, 4) is 0 Å². The summed E-state index contributed by atoms with van der Waals surface area (Å²) in [5.41, 5.74) is 1.99. The van der Waals surface area contributed by atoms with Crippen LogP contribution in [0.2, 0.25) is 0 Å². The van der Waals surface area contributed by atoms with E-state index in [1.54, 1.807) is 12.5 Å². The molecule has 0 aromatic carbocycles. The molecule has 4 aliphatic rings. The number of fused-ring (bicyclic) bond motifs is 5. The predicted octanol–water partition coefficient (Wildman–Crippen LogP) is 7.57. The maximum absolute atomic E-state index is 11.4. The van der Waals surface area contributed by atoms with Crippen LogP contribution in [0, 0.1) is 46.8 Å². The first-order valence-corrected chi connectivity index (χ1v) is 13.2. The second-order valence-electron chi connectivity index (χ2n) is 12.1. The Hall–Kier alpha value is -0.790. The van der Waals surface area contributed by atoms with Crippen molar-refractivity contribution >= 4 is 5.97 Å². The Morgan fingerprint density at radius 3 is 2.57 bits per heavy atom. The highest BCUT2D eigenvalue weighted by atomic mass is 16.5. The van der Waals surface area contributed by atoms with Gasteiger partial charge in [0, 0.05) is 13.3 Å². The van der Waals surface area contributed by atoms with E-state index in [9.17, 15) is 4.79 Å². The van der Waals surface area contributed by atoms with E-state index in [2.05, 4.69) is 33.8 Å². The smallest absolute Gasteiger partial charge is 0.302 e. The minimum absolute atomic E-state index is 0.113. The van der Waals surface area contributed by atoms with Crippen LogP contribution in [-0.4, -0.2) is 12.1 Å². The second kappa shape index (κ2) is 8.99. The van der Waals surface area contributed by atoms with E-state index >= 15 is 0 Å². The summed E-state index contributed by atoms with van der Waals surface area (Å²) in [7, 11) is 0. The summed E-state index contributed by atoms with van der Waals surface area (Å²) in [6, 6.07) is 0. The minimum atomic E-state index is -0.113. The van der Waals surface area contributed by atoms with E-state index in [-0.39, 0.29) is 12.1 Å². The van der Waals surface area contributed by atoms with E-state index in [0.717, 1.165) is 54.3 Å². The van der Waals surface area contributed by atoms with Gasteiger partial charge in [-0.1, -0.05) is 58.6 Å². The monoisotopic (exact) mass is 414 g/mol. The zero-order valence-corrected chi connectivity index (χ0v) is 20.3. The molecular weight excluding hydrogens is 368 g/mol. The highest BCUT2D eigenvalue weighted by Gasteiger charge is 2.54. The standard InChI is InChI=1S/C28H46O2/c1-18(2)7-6-8-19(3)23-11-12-25-24(23)13-14-27-26(25)10-9-21-17-22(30-20(4)29)15-16-28(21,27)5/h9,18-19,22-27H,6-8,10-17H2,1-5H3/t19-,22+,23?,24+,25-,26+,27+,28+/m1/s1. The molecule has 3 fully saturated rings. The van der Waals surface area contributed by atoms with Crippen molar-refractivity contribution in [1.82, 2.24) is 0 Å². The molecule has 0 aliphatic heterocycles. The molecule has 3 saturated carbocycles. The number of carbonyl (C=O) groups excluding carboxylic acids is 1. The van der Waals surface area contributed by atoms with E-state index < -0.39 is 0 Å². The third-order valence-corrected chi connectivity index (χ3v) is 9.94. The van der Waals surface area contributed by atoms with E-state index in [0.29, 0.717) is 5.41 Å². The largest absolute Gasteiger partial charge is 0.462 e. The van der Waals surface area contributed by atoms with Crippen LogP contribution in [-0.2, 0) is 9.53 Å². The molecule has 2 heteroatoms. The number of hydrogen-bond donors (Lipinski definition) is 0. The number of rotatable bonds is 6. The van der Waals surface area contributed by atoms with Gasteiger partial charge in [-0.3, -0.25) is 4.79 Å². The van der Waals surface area contributed by atoms with Gasteiger partial charge in [0.15, 0.2) is 0 Å². The van der Waals surface area contributed by atoms with Gasteiger partial charge in [-0.15, -0.1) is 0 Å². The van der Waals surface area contributed by atoms with Crippen molar-refractivity contribution in [3.63, 3.8) is 0 Å². The van der Waals surface area contributed by atoms with Gasteiger partial charge in [0.05, 0.1) is 0 Å². The molecule has 0 bridgehead atoms. The molecule has 0 amide bonds. The number of allylic oxidation sites excluding steroid dienone is 1. The molecule has 170 valence electrons. The number of esters is 1. The molecule has 30 heavy (non-hydrogen) atoms. The fraction of sp³-hybridized carbons (Fsp3) is 0.893. The van der Waals surface area contributed by atoms with Crippen molar-refractivity contribution < 1.29 is 9.53 Å². The van der Waals surface area contributed by atoms with E-state index in [4.69, 9.17) is 4.74 Å². The first kappa shape index (κ1) is 22.4. The lowest BCUT2D eigenvalue weighted by molar-refractivity contribution is -0.148. The highest BCUT2D eigenvalue weighted by molar-refractivity contribution is 5.66. The van der Waals surface area contributed by atoms with Crippen molar-refractivity contribution in [2.45, 2.75) is 111 Å². The quantitative estimate of drug-likeness (QED) is 0.331. The fourth-order valence-corrected chi connectivity index (χ4v) is 8.43. The van der Waals surface area contributed by atoms with Crippen molar-refractivity contribution in [2.24, 2.45) is 46.8 Å². The zero-order valence-electron chi connectivity index (χ0n) is 20.3. The van der Waals surface area contributed by atoms with Gasteiger partial charge in [-0.25, -0.2) is 0 Å². The summed E-state index contributed by atoms with van der Waals surface area (Å²) in [6.07, 6.45) is 17.4. The molecule has 4 rings (SSSR count). The highest BCUT2D eigenvalue weighted by Crippen LogP contribution is 2.63. The summed E-state index contributed by atoms with van der Waals surface area (Å²) in [4.78, 5) is 11.4. The Balaban J connectivity index is 1.42. The van der Waals surface area contributed by atoms with Gasteiger partial charge < -0.3 is 4.74 Å². The van der Waals surface area contributed by atoms with Gasteiger partial charge in [0.25, 0.3) is 0 Å². The van der Waals surface area contributed by atoms with Crippen LogP contribution in [0.15, 0.2) is 11.6 Å². The maximum atomic E-state index is 11.4. The number of hydrogen-bond acceptors (Lipinski definition) is 2. The Bertz CT molecular complexity index is 649. The zero-order chi connectivity index (χ0) is 21.5. The summed E-state index contributed by atoms with van der Waals surface area (Å²) in [6.45, 7) is 11.4. The van der Waals surface area contributed by atoms with E-state index in [1.807, 2.05) is 0 Å². The lowest BCUT2D eigenvalue weighted by Crippen LogP contribution is -2.48. The molecule has 0 aromatic heterocycles. The van der Waals surface area contributed by atoms with Crippen LogP contribution in [0.5, 0.6) is 0 Å². The number of ether oxygens (including phenoxy) is 1. The fourth-order valence-electron chi connectivity index (χ4n) is 8.43. The number of carbonyl (C=O) groups is 1. The van der Waals surface area contributed by atoms with E-state index in [1.165, 1.54) is 57.8 Å². The van der Waals surface area contributed by atoms with Gasteiger partial charge in [0.1, 0.15) is 6.10 Å². The lowest BCUT2D eigenvalue weighted by atomic mass is 9.50. The van der Waals surface area contributed by atoms with Gasteiger partial charge >= 0.3 is 5.97 Å². The second-order valence-corrected chi connectivity index (χ2v) is 12.1. The molecule has 0 heterocycles. The molecule has 0 radical (unpaired) electrons. The molecule has 0 aromatic rings. The third kappa shape index (κ3) is 4.26. The molecule has 2 nitrogen and oxygen atoms in total. The van der Waals surface area contributed by atoms with Crippen LogP contribution in [0.1, 0.15) is 105 Å². The molecular formula is C28H46O2. The van der Waals surface area contributed by atoms with Crippen molar-refractivity contribution in [3.05, 3.63) is 11.6 Å². The van der Waals surface area contributed by atoms with Crippen LogP contribution in [0.25, 0.3) is 0 Å². The summed E-state index contributed by atoms with van der Waals surface area (Å²) >= 11 is 0. The van der Waals surface area contributed by atoms with Gasteiger partial charge in [-0.05, 0) is 91.8 Å². The van der Waals surface area contributed by atoms with Crippen molar-refractivity contribution in [1.29, 1.82) is 0 Å². The Morgan fingerprint density at radius 1 is 1.07 bits per heavy atom. The summed E-state index contributed by atoms with van der Waals surface area (Å²) in [5.74, 6) is 6.39. The SMILES string of the molecule is CC(=O)O[C@H]1CC[C@@]2(C)C(=CC[C@H]3[C@@H]4CCC([C@H](C)CCCC(C)C)[C@@H]4CC[C@@H]32)C1. The van der Waals surface area contributed by atoms with Crippen LogP contribution < -0.4 is 0 Å². The average Bonchev–Trinajstić information content (AvgIpc) is 3.12.